The number of unbranched alkanes of at least 4 members (excludes halogenated alkanes) is 26. The molecule has 0 heterocycles. The van der Waals surface area contributed by atoms with Crippen LogP contribution in [0.1, 0.15) is 226 Å². The number of hydrogen-bond acceptors (Lipinski definition) is 6. The highest BCUT2D eigenvalue weighted by Gasteiger charge is 2.19. The number of esters is 1. The van der Waals surface area contributed by atoms with Crippen molar-refractivity contribution in [2.45, 2.75) is 238 Å². The maximum Gasteiger partial charge on any atom is 0.328 e. The minimum absolute atomic E-state index is 0.00266. The van der Waals surface area contributed by atoms with Gasteiger partial charge < -0.3 is 25.6 Å². The first-order chi connectivity index (χ1) is 25.3. The van der Waals surface area contributed by atoms with Crippen molar-refractivity contribution in [2.75, 3.05) is 13.2 Å². The Hall–Kier alpha value is -2.16. The minimum atomic E-state index is -1.38. The van der Waals surface area contributed by atoms with Gasteiger partial charge in [-0.05, 0) is 38.5 Å². The van der Waals surface area contributed by atoms with E-state index in [1.807, 2.05) is 0 Å². The molecule has 0 rings (SSSR count). The van der Waals surface area contributed by atoms with E-state index >= 15 is 0 Å². The van der Waals surface area contributed by atoms with Crippen molar-refractivity contribution in [3.8, 4) is 0 Å². The predicted octanol–water partition coefficient (Wildman–Crippen LogP) is 10.5. The molecule has 0 aromatic rings. The lowest BCUT2D eigenvalue weighted by Crippen LogP contribution is -2.47. The van der Waals surface area contributed by atoms with E-state index in [2.05, 4.69) is 24.5 Å². The molecule has 4 N–H and O–H groups in total. The summed E-state index contributed by atoms with van der Waals surface area (Å²) in [6.07, 6.45) is 38.5. The molecular formula is C43H82N2O7. The Balaban J connectivity index is 4.14. The Morgan fingerprint density at radius 2 is 0.865 bits per heavy atom. The third-order valence-corrected chi connectivity index (χ3v) is 10.1. The Labute approximate surface area is 319 Å². The first-order valence-corrected chi connectivity index (χ1v) is 21.9. The molecule has 0 spiro atoms. The third kappa shape index (κ3) is 34.9. The van der Waals surface area contributed by atoms with E-state index in [-0.39, 0.29) is 24.5 Å². The van der Waals surface area contributed by atoms with E-state index < -0.39 is 24.5 Å². The molecule has 0 saturated heterocycles. The Bertz CT molecular complexity index is 853. The molecule has 0 aromatic heterocycles. The van der Waals surface area contributed by atoms with E-state index in [4.69, 9.17) is 14.9 Å². The number of rotatable bonds is 40. The van der Waals surface area contributed by atoms with E-state index in [0.717, 1.165) is 57.8 Å². The summed E-state index contributed by atoms with van der Waals surface area (Å²) in [7, 11) is 0. The Kier molecular flexibility index (Phi) is 37.0. The molecule has 0 aliphatic rings. The zero-order valence-electron chi connectivity index (χ0n) is 33.8. The highest BCUT2D eigenvalue weighted by molar-refractivity contribution is 5.87. The highest BCUT2D eigenvalue weighted by atomic mass is 16.5. The lowest BCUT2D eigenvalue weighted by Gasteiger charge is -2.18. The normalized spacial score (nSPS) is 12.4. The van der Waals surface area contributed by atoms with Gasteiger partial charge in [0.2, 0.25) is 11.8 Å². The lowest BCUT2D eigenvalue weighted by atomic mass is 10.0. The fraction of sp³-hybridized carbons (Fsp3) is 0.907. The van der Waals surface area contributed by atoms with Crippen LogP contribution in [0.4, 0.5) is 0 Å². The third-order valence-electron chi connectivity index (χ3n) is 10.1. The number of carboxylic acids is 1. The Morgan fingerprint density at radius 3 is 1.25 bits per heavy atom. The summed E-state index contributed by atoms with van der Waals surface area (Å²) in [4.78, 5) is 47.5. The van der Waals surface area contributed by atoms with Gasteiger partial charge in [-0.3, -0.25) is 14.4 Å². The number of hydrogen-bond donors (Lipinski definition) is 4. The van der Waals surface area contributed by atoms with Crippen molar-refractivity contribution in [3.63, 3.8) is 0 Å². The van der Waals surface area contributed by atoms with Crippen molar-refractivity contribution in [2.24, 2.45) is 0 Å². The molecule has 52 heavy (non-hydrogen) atoms. The number of aliphatic hydroxyl groups excluding tert-OH is 1. The molecule has 0 fully saturated rings. The molecular weight excluding hydrogens is 656 g/mol. The Morgan fingerprint density at radius 1 is 0.500 bits per heavy atom. The number of nitrogens with one attached hydrogen (secondary N) is 2. The number of aliphatic hydroxyl groups is 1. The van der Waals surface area contributed by atoms with Gasteiger partial charge in [0.25, 0.3) is 0 Å². The van der Waals surface area contributed by atoms with Crippen molar-refractivity contribution in [1.82, 2.24) is 10.6 Å². The second-order valence-corrected chi connectivity index (χ2v) is 15.2. The summed E-state index contributed by atoms with van der Waals surface area (Å²) in [6.45, 7) is 3.49. The zero-order chi connectivity index (χ0) is 38.3. The molecule has 0 bridgehead atoms. The highest BCUT2D eigenvalue weighted by Crippen LogP contribution is 2.19. The van der Waals surface area contributed by atoms with E-state index in [1.165, 1.54) is 135 Å². The van der Waals surface area contributed by atoms with Gasteiger partial charge in [-0.1, -0.05) is 174 Å². The van der Waals surface area contributed by atoms with Crippen LogP contribution >= 0.6 is 0 Å². The summed E-state index contributed by atoms with van der Waals surface area (Å²) in [5.74, 6) is -2.27. The standard InChI is InChI=1S/C43H82N2O7/c1-3-5-7-9-11-13-14-15-16-17-18-19-20-22-27-31-35-42(49)52-38(32-28-24-21-12-10-8-6-4-2)33-29-25-23-26-30-34-40(47)44-36-41(48)45-39(37-46)43(50)51/h38-39,46H,3-37H2,1-2H3,(H,44,47)(H,45,48)(H,50,51). The van der Waals surface area contributed by atoms with Gasteiger partial charge in [0.15, 0.2) is 0 Å². The quantitative estimate of drug-likeness (QED) is 0.0362. The maximum absolute atomic E-state index is 12.7. The fourth-order valence-electron chi connectivity index (χ4n) is 6.72. The molecule has 0 aliphatic carbocycles. The summed E-state index contributed by atoms with van der Waals surface area (Å²) in [5.41, 5.74) is 0. The van der Waals surface area contributed by atoms with Crippen LogP contribution in [0.5, 0.6) is 0 Å². The molecule has 2 atom stereocenters. The van der Waals surface area contributed by atoms with Crippen LogP contribution in [0.2, 0.25) is 0 Å². The topological polar surface area (TPSA) is 142 Å². The average Bonchev–Trinajstić information content (AvgIpc) is 3.13. The van der Waals surface area contributed by atoms with Crippen LogP contribution in [-0.4, -0.2) is 59.3 Å². The van der Waals surface area contributed by atoms with Crippen molar-refractivity contribution in [3.05, 3.63) is 0 Å². The summed E-state index contributed by atoms with van der Waals surface area (Å²) in [6, 6.07) is -1.38. The first kappa shape index (κ1) is 49.8. The SMILES string of the molecule is CCCCCCCCCCCCCCCCCCC(=O)OC(CCCCCCCCCC)CCCCCCCC(=O)NCC(=O)NC(CO)C(=O)O. The van der Waals surface area contributed by atoms with Crippen LogP contribution in [-0.2, 0) is 23.9 Å². The van der Waals surface area contributed by atoms with Gasteiger partial charge in [-0.2, -0.15) is 0 Å². The van der Waals surface area contributed by atoms with Crippen LogP contribution in [0.3, 0.4) is 0 Å². The van der Waals surface area contributed by atoms with Gasteiger partial charge in [-0.25, -0.2) is 4.79 Å². The summed E-state index contributed by atoms with van der Waals surface area (Å²) in [5, 5.41) is 22.5. The van der Waals surface area contributed by atoms with Crippen LogP contribution in [0.25, 0.3) is 0 Å². The zero-order valence-corrected chi connectivity index (χ0v) is 33.8. The van der Waals surface area contributed by atoms with Crippen molar-refractivity contribution >= 4 is 23.8 Å². The predicted molar refractivity (Wildman–Crippen MR) is 213 cm³/mol. The largest absolute Gasteiger partial charge is 0.480 e. The molecule has 0 aromatic carbocycles. The van der Waals surface area contributed by atoms with Gasteiger partial charge in [0.05, 0.1) is 13.2 Å². The molecule has 9 nitrogen and oxygen atoms in total. The molecule has 0 aliphatic heterocycles. The average molecular weight is 739 g/mol. The molecule has 2 unspecified atom stereocenters. The molecule has 2 amide bonds. The maximum atomic E-state index is 12.7. The van der Waals surface area contributed by atoms with Gasteiger partial charge in [0.1, 0.15) is 12.1 Å². The van der Waals surface area contributed by atoms with Crippen molar-refractivity contribution in [1.29, 1.82) is 0 Å². The van der Waals surface area contributed by atoms with Crippen molar-refractivity contribution < 1.29 is 34.1 Å². The number of carboxylic acid groups (broad SMARTS) is 1. The second-order valence-electron chi connectivity index (χ2n) is 15.2. The fourth-order valence-corrected chi connectivity index (χ4v) is 6.72. The van der Waals surface area contributed by atoms with Gasteiger partial charge in [-0.15, -0.1) is 0 Å². The van der Waals surface area contributed by atoms with Gasteiger partial charge >= 0.3 is 11.9 Å². The number of amides is 2. The first-order valence-electron chi connectivity index (χ1n) is 21.9. The summed E-state index contributed by atoms with van der Waals surface area (Å²) >= 11 is 0. The summed E-state index contributed by atoms with van der Waals surface area (Å²) < 4.78 is 6.01. The monoisotopic (exact) mass is 739 g/mol. The number of carbonyl (C=O) groups excluding carboxylic acids is 3. The van der Waals surface area contributed by atoms with Crippen LogP contribution < -0.4 is 10.6 Å². The second kappa shape index (κ2) is 38.6. The minimum Gasteiger partial charge on any atom is -0.480 e. The van der Waals surface area contributed by atoms with E-state index in [9.17, 15) is 19.2 Å². The van der Waals surface area contributed by atoms with Crippen LogP contribution in [0, 0.1) is 0 Å². The number of aliphatic carboxylic acids is 1. The lowest BCUT2D eigenvalue weighted by molar-refractivity contribution is -0.150. The number of carbonyl (C=O) groups is 4. The van der Waals surface area contributed by atoms with E-state index in [1.54, 1.807) is 0 Å². The molecule has 0 radical (unpaired) electrons. The molecule has 306 valence electrons. The van der Waals surface area contributed by atoms with E-state index in [0.29, 0.717) is 19.3 Å². The van der Waals surface area contributed by atoms with Gasteiger partial charge in [0, 0.05) is 12.8 Å². The molecule has 9 heteroatoms. The van der Waals surface area contributed by atoms with Crippen LogP contribution in [0.15, 0.2) is 0 Å². The number of ether oxygens (including phenoxy) is 1. The smallest absolute Gasteiger partial charge is 0.328 e. The molecule has 0 saturated carbocycles.